The summed E-state index contributed by atoms with van der Waals surface area (Å²) in [5, 5.41) is 2.88. The molecule has 0 aliphatic carbocycles. The van der Waals surface area contributed by atoms with E-state index in [-0.39, 0.29) is 18.0 Å². The third-order valence-corrected chi connectivity index (χ3v) is 4.06. The summed E-state index contributed by atoms with van der Waals surface area (Å²) in [7, 11) is 0. The first-order valence-electron chi connectivity index (χ1n) is 7.79. The molecule has 21 heavy (non-hydrogen) atoms. The number of rotatable bonds is 6. The molecule has 5 nitrogen and oxygen atoms in total. The van der Waals surface area contributed by atoms with Gasteiger partial charge in [-0.15, -0.1) is 0 Å². The maximum atomic E-state index is 11.8. The quantitative estimate of drug-likeness (QED) is 0.798. The van der Waals surface area contributed by atoms with Gasteiger partial charge < -0.3 is 14.8 Å². The van der Waals surface area contributed by atoms with Crippen LogP contribution in [0.2, 0.25) is 0 Å². The first-order chi connectivity index (χ1) is 10.1. The summed E-state index contributed by atoms with van der Waals surface area (Å²) in [5.41, 5.74) is -0.143. The molecule has 1 aromatic rings. The van der Waals surface area contributed by atoms with Gasteiger partial charge in [0.05, 0.1) is 0 Å². The Hall–Kier alpha value is -1.62. The molecule has 0 spiro atoms. The van der Waals surface area contributed by atoms with Crippen molar-refractivity contribution in [2.24, 2.45) is 5.92 Å². The van der Waals surface area contributed by atoms with Crippen LogP contribution < -0.4 is 10.9 Å². The van der Waals surface area contributed by atoms with Crippen molar-refractivity contribution < 1.29 is 4.79 Å². The molecular formula is C16H25N3O2. The van der Waals surface area contributed by atoms with Gasteiger partial charge in [0.1, 0.15) is 6.54 Å². The number of aromatic nitrogens is 1. The number of hydrogen-bond acceptors (Lipinski definition) is 3. The highest BCUT2D eigenvalue weighted by molar-refractivity contribution is 5.75. The van der Waals surface area contributed by atoms with Crippen molar-refractivity contribution in [1.82, 2.24) is 14.8 Å². The second-order valence-electron chi connectivity index (χ2n) is 5.89. The van der Waals surface area contributed by atoms with Crippen LogP contribution in [0.4, 0.5) is 0 Å². The molecule has 1 amide bonds. The maximum absolute atomic E-state index is 11.8. The molecule has 0 bridgehead atoms. The maximum Gasteiger partial charge on any atom is 0.250 e. The molecule has 1 fully saturated rings. The van der Waals surface area contributed by atoms with Gasteiger partial charge in [0.15, 0.2) is 0 Å². The van der Waals surface area contributed by atoms with Gasteiger partial charge >= 0.3 is 0 Å². The van der Waals surface area contributed by atoms with E-state index in [1.54, 1.807) is 18.3 Å². The first-order valence-corrected chi connectivity index (χ1v) is 7.79. The largest absolute Gasteiger partial charge is 0.355 e. The normalized spacial score (nSPS) is 16.8. The lowest BCUT2D eigenvalue weighted by atomic mass is 9.99. The van der Waals surface area contributed by atoms with Gasteiger partial charge in [-0.05, 0) is 50.9 Å². The SMILES string of the molecule is CC1CCN(CCCNC(=O)Cn2ccccc2=O)CC1. The lowest BCUT2D eigenvalue weighted by Crippen LogP contribution is -2.36. The Labute approximate surface area is 126 Å². The molecule has 1 saturated heterocycles. The summed E-state index contributed by atoms with van der Waals surface area (Å²) in [6, 6.07) is 4.90. The van der Waals surface area contributed by atoms with Crippen LogP contribution in [0.15, 0.2) is 29.2 Å². The molecule has 0 aromatic carbocycles. The van der Waals surface area contributed by atoms with Gasteiger partial charge in [0, 0.05) is 18.8 Å². The highest BCUT2D eigenvalue weighted by Gasteiger charge is 2.14. The standard InChI is InChI=1S/C16H25N3O2/c1-14-6-11-18(12-7-14)9-4-8-17-15(20)13-19-10-3-2-5-16(19)21/h2-3,5,10,14H,4,6-9,11-13H2,1H3,(H,17,20). The van der Waals surface area contributed by atoms with Crippen molar-refractivity contribution in [3.63, 3.8) is 0 Å². The number of pyridine rings is 1. The number of amides is 1. The van der Waals surface area contributed by atoms with E-state index in [1.165, 1.54) is 36.6 Å². The van der Waals surface area contributed by atoms with Crippen LogP contribution in [-0.2, 0) is 11.3 Å². The van der Waals surface area contributed by atoms with Crippen molar-refractivity contribution in [2.45, 2.75) is 32.7 Å². The second kappa shape index (κ2) is 7.98. The Morgan fingerprint density at radius 3 is 2.81 bits per heavy atom. The molecule has 0 unspecified atom stereocenters. The number of hydrogen-bond donors (Lipinski definition) is 1. The van der Waals surface area contributed by atoms with Crippen molar-refractivity contribution in [3.05, 3.63) is 34.7 Å². The Morgan fingerprint density at radius 2 is 2.10 bits per heavy atom. The molecular weight excluding hydrogens is 266 g/mol. The summed E-state index contributed by atoms with van der Waals surface area (Å²) < 4.78 is 1.42. The second-order valence-corrected chi connectivity index (χ2v) is 5.89. The van der Waals surface area contributed by atoms with Crippen molar-refractivity contribution in [2.75, 3.05) is 26.2 Å². The molecule has 0 radical (unpaired) electrons. The average molecular weight is 291 g/mol. The first kappa shape index (κ1) is 15.8. The monoisotopic (exact) mass is 291 g/mol. The Balaban J connectivity index is 1.61. The number of piperidine rings is 1. The van der Waals surface area contributed by atoms with Gasteiger partial charge in [-0.25, -0.2) is 0 Å². The van der Waals surface area contributed by atoms with Crippen LogP contribution in [0.1, 0.15) is 26.2 Å². The molecule has 2 rings (SSSR count). The predicted octanol–water partition coefficient (Wildman–Crippen LogP) is 1.09. The summed E-state index contributed by atoms with van der Waals surface area (Å²) in [6.07, 6.45) is 5.16. The predicted molar refractivity (Wildman–Crippen MR) is 83.2 cm³/mol. The van der Waals surface area contributed by atoms with Crippen LogP contribution in [0.5, 0.6) is 0 Å². The molecule has 116 valence electrons. The Bertz CT molecular complexity index is 504. The molecule has 1 aliphatic heterocycles. The zero-order chi connectivity index (χ0) is 15.1. The van der Waals surface area contributed by atoms with E-state index >= 15 is 0 Å². The third-order valence-electron chi connectivity index (χ3n) is 4.06. The van der Waals surface area contributed by atoms with Crippen LogP contribution in [0, 0.1) is 5.92 Å². The molecule has 0 saturated carbocycles. The van der Waals surface area contributed by atoms with E-state index in [4.69, 9.17) is 0 Å². The molecule has 0 atom stereocenters. The van der Waals surface area contributed by atoms with E-state index in [2.05, 4.69) is 17.1 Å². The number of nitrogens with one attached hydrogen (secondary N) is 1. The molecule has 1 aliphatic rings. The summed E-state index contributed by atoms with van der Waals surface area (Å²) in [4.78, 5) is 25.7. The third kappa shape index (κ3) is 5.34. The molecule has 2 heterocycles. The van der Waals surface area contributed by atoms with Gasteiger partial charge in [-0.3, -0.25) is 9.59 Å². The van der Waals surface area contributed by atoms with E-state index in [1.807, 2.05) is 0 Å². The molecule has 1 aromatic heterocycles. The number of carbonyl (C=O) groups is 1. The fourth-order valence-electron chi connectivity index (χ4n) is 2.62. The fraction of sp³-hybridized carbons (Fsp3) is 0.625. The molecule has 1 N–H and O–H groups in total. The average Bonchev–Trinajstić information content (AvgIpc) is 2.48. The van der Waals surface area contributed by atoms with Gasteiger partial charge in [-0.2, -0.15) is 0 Å². The van der Waals surface area contributed by atoms with Crippen molar-refractivity contribution >= 4 is 5.91 Å². The van der Waals surface area contributed by atoms with Crippen LogP contribution in [0.3, 0.4) is 0 Å². The number of carbonyl (C=O) groups excluding carboxylic acids is 1. The zero-order valence-corrected chi connectivity index (χ0v) is 12.8. The smallest absolute Gasteiger partial charge is 0.250 e. The Morgan fingerprint density at radius 1 is 1.33 bits per heavy atom. The lowest BCUT2D eigenvalue weighted by Gasteiger charge is -2.30. The fourth-order valence-corrected chi connectivity index (χ4v) is 2.62. The zero-order valence-electron chi connectivity index (χ0n) is 12.8. The van der Waals surface area contributed by atoms with Gasteiger partial charge in [0.2, 0.25) is 5.91 Å². The van der Waals surface area contributed by atoms with Crippen LogP contribution >= 0.6 is 0 Å². The number of nitrogens with zero attached hydrogens (tertiary/aromatic N) is 2. The van der Waals surface area contributed by atoms with E-state index in [9.17, 15) is 9.59 Å². The summed E-state index contributed by atoms with van der Waals surface area (Å²) in [5.74, 6) is 0.751. The molecule has 5 heteroatoms. The van der Waals surface area contributed by atoms with E-state index in [0.717, 1.165) is 18.9 Å². The van der Waals surface area contributed by atoms with Crippen molar-refractivity contribution in [3.8, 4) is 0 Å². The lowest BCUT2D eigenvalue weighted by molar-refractivity contribution is -0.121. The minimum atomic E-state index is -0.143. The topological polar surface area (TPSA) is 54.3 Å². The van der Waals surface area contributed by atoms with Gasteiger partial charge in [-0.1, -0.05) is 13.0 Å². The Kier molecular flexibility index (Phi) is 5.99. The van der Waals surface area contributed by atoms with Crippen molar-refractivity contribution in [1.29, 1.82) is 0 Å². The van der Waals surface area contributed by atoms with Crippen LogP contribution in [-0.4, -0.2) is 41.6 Å². The minimum Gasteiger partial charge on any atom is -0.355 e. The highest BCUT2D eigenvalue weighted by Crippen LogP contribution is 2.15. The highest BCUT2D eigenvalue weighted by atomic mass is 16.2. The minimum absolute atomic E-state index is 0.0981. The van der Waals surface area contributed by atoms with E-state index < -0.39 is 0 Å². The van der Waals surface area contributed by atoms with Crippen LogP contribution in [0.25, 0.3) is 0 Å². The van der Waals surface area contributed by atoms with E-state index in [0.29, 0.717) is 6.54 Å². The van der Waals surface area contributed by atoms with Gasteiger partial charge in [0.25, 0.3) is 5.56 Å². The summed E-state index contributed by atoms with van der Waals surface area (Å²) in [6.45, 7) is 6.47. The number of likely N-dealkylation sites (tertiary alicyclic amines) is 1. The summed E-state index contributed by atoms with van der Waals surface area (Å²) >= 11 is 0.